The first kappa shape index (κ1) is 18.6. The van der Waals surface area contributed by atoms with Gasteiger partial charge in [-0.3, -0.25) is 9.59 Å². The van der Waals surface area contributed by atoms with Crippen LogP contribution in [0, 0.1) is 5.92 Å². The average Bonchev–Trinajstić information content (AvgIpc) is 3.03. The molecule has 3 aromatic rings. The van der Waals surface area contributed by atoms with Gasteiger partial charge in [0.05, 0.1) is 10.9 Å². The second-order valence-electron chi connectivity index (χ2n) is 7.55. The van der Waals surface area contributed by atoms with Gasteiger partial charge in [0.2, 0.25) is 5.91 Å². The number of rotatable bonds is 4. The van der Waals surface area contributed by atoms with Crippen LogP contribution in [0.25, 0.3) is 10.9 Å². The molecule has 0 aliphatic carbocycles. The summed E-state index contributed by atoms with van der Waals surface area (Å²) in [6, 6.07) is 13.4. The van der Waals surface area contributed by atoms with Gasteiger partial charge in [-0.05, 0) is 55.3 Å². The number of carbonyl (C=O) groups excluding carboxylic acids is 2. The lowest BCUT2D eigenvalue weighted by molar-refractivity contribution is -0.115. The molecule has 0 saturated carbocycles. The average molecular weight is 394 g/mol. The molecule has 2 aromatic carbocycles. The van der Waals surface area contributed by atoms with Crippen molar-refractivity contribution in [3.63, 3.8) is 0 Å². The number of nitrogens with one attached hydrogen (secondary N) is 2. The lowest BCUT2D eigenvalue weighted by Gasteiger charge is -2.21. The molecule has 28 heavy (non-hydrogen) atoms. The van der Waals surface area contributed by atoms with Crippen molar-refractivity contribution < 1.29 is 9.59 Å². The van der Waals surface area contributed by atoms with E-state index in [4.69, 9.17) is 0 Å². The Morgan fingerprint density at radius 3 is 2.82 bits per heavy atom. The fourth-order valence-corrected chi connectivity index (χ4v) is 4.31. The van der Waals surface area contributed by atoms with Gasteiger partial charge in [-0.1, -0.05) is 13.8 Å². The predicted molar refractivity (Wildman–Crippen MR) is 115 cm³/mol. The van der Waals surface area contributed by atoms with Crippen LogP contribution < -0.4 is 10.6 Å². The Bertz CT molecular complexity index is 1070. The zero-order valence-corrected chi connectivity index (χ0v) is 17.0. The summed E-state index contributed by atoms with van der Waals surface area (Å²) in [5, 5.41) is 6.80. The zero-order chi connectivity index (χ0) is 19.8. The van der Waals surface area contributed by atoms with E-state index in [1.165, 1.54) is 11.8 Å². The molecular weight excluding hydrogens is 370 g/mol. The molecule has 1 atom stereocenters. The Balaban J connectivity index is 1.54. The van der Waals surface area contributed by atoms with E-state index < -0.39 is 0 Å². The fraction of sp³-hybridized carbons (Fsp3) is 0.273. The third-order valence-corrected chi connectivity index (χ3v) is 5.94. The molecule has 1 unspecified atom stereocenters. The highest BCUT2D eigenvalue weighted by molar-refractivity contribution is 8.00. The van der Waals surface area contributed by atoms with Gasteiger partial charge in [0.1, 0.15) is 0 Å². The lowest BCUT2D eigenvalue weighted by Crippen LogP contribution is -2.26. The first-order chi connectivity index (χ1) is 13.4. The minimum Gasteiger partial charge on any atom is -0.347 e. The number of anilines is 2. The van der Waals surface area contributed by atoms with E-state index in [1.807, 2.05) is 31.2 Å². The van der Waals surface area contributed by atoms with Gasteiger partial charge in [0.25, 0.3) is 5.91 Å². The fourth-order valence-electron chi connectivity index (χ4n) is 3.38. The summed E-state index contributed by atoms with van der Waals surface area (Å²) in [6.07, 6.45) is 2.08. The Labute approximate surface area is 168 Å². The van der Waals surface area contributed by atoms with Crippen molar-refractivity contribution in [2.24, 2.45) is 5.92 Å². The second kappa shape index (κ2) is 7.36. The molecule has 0 spiro atoms. The molecule has 144 valence electrons. The number of aromatic nitrogens is 1. The largest absolute Gasteiger partial charge is 0.347 e. The highest BCUT2D eigenvalue weighted by Crippen LogP contribution is 2.36. The molecule has 1 aliphatic rings. The smallest absolute Gasteiger partial charge is 0.255 e. The van der Waals surface area contributed by atoms with E-state index in [9.17, 15) is 9.59 Å². The molecule has 0 fully saturated rings. The molecule has 0 saturated heterocycles. The van der Waals surface area contributed by atoms with Crippen LogP contribution in [0.2, 0.25) is 0 Å². The molecule has 2 N–H and O–H groups in total. The summed E-state index contributed by atoms with van der Waals surface area (Å²) in [5.74, 6) is 0.341. The lowest BCUT2D eigenvalue weighted by atomic mass is 10.1. The van der Waals surface area contributed by atoms with Gasteiger partial charge in [0, 0.05) is 39.8 Å². The monoisotopic (exact) mass is 393 g/mol. The molecule has 4 rings (SSSR count). The SMILES string of the molecule is CC(C)Cn1ccc2cc(NC(=O)c3ccc4c(c3)NC(=O)C(C)S4)ccc21. The van der Waals surface area contributed by atoms with Crippen molar-refractivity contribution >= 4 is 45.9 Å². The van der Waals surface area contributed by atoms with E-state index in [0.29, 0.717) is 17.2 Å². The van der Waals surface area contributed by atoms with E-state index in [0.717, 1.165) is 28.0 Å². The second-order valence-corrected chi connectivity index (χ2v) is 8.93. The van der Waals surface area contributed by atoms with Gasteiger partial charge in [-0.15, -0.1) is 11.8 Å². The molecule has 0 bridgehead atoms. The number of fused-ring (bicyclic) bond motifs is 2. The summed E-state index contributed by atoms with van der Waals surface area (Å²) >= 11 is 1.51. The molecule has 0 radical (unpaired) electrons. The van der Waals surface area contributed by atoms with Crippen LogP contribution in [-0.4, -0.2) is 21.6 Å². The summed E-state index contributed by atoms with van der Waals surface area (Å²) < 4.78 is 2.23. The van der Waals surface area contributed by atoms with Crippen LogP contribution in [0.15, 0.2) is 53.6 Å². The number of thioether (sulfide) groups is 1. The van der Waals surface area contributed by atoms with Crippen molar-refractivity contribution in [3.05, 3.63) is 54.2 Å². The van der Waals surface area contributed by atoms with Crippen molar-refractivity contribution in [1.82, 2.24) is 4.57 Å². The first-order valence-corrected chi connectivity index (χ1v) is 10.3. The maximum absolute atomic E-state index is 12.7. The number of hydrogen-bond acceptors (Lipinski definition) is 3. The van der Waals surface area contributed by atoms with Gasteiger partial charge in [0.15, 0.2) is 0 Å². The van der Waals surface area contributed by atoms with Crippen LogP contribution in [0.5, 0.6) is 0 Å². The minimum absolute atomic E-state index is 0.0357. The van der Waals surface area contributed by atoms with Gasteiger partial charge in [-0.25, -0.2) is 0 Å². The molecule has 6 heteroatoms. The van der Waals surface area contributed by atoms with E-state index >= 15 is 0 Å². The van der Waals surface area contributed by atoms with Crippen LogP contribution in [0.3, 0.4) is 0 Å². The highest BCUT2D eigenvalue weighted by Gasteiger charge is 2.23. The van der Waals surface area contributed by atoms with Gasteiger partial charge in [-0.2, -0.15) is 0 Å². The molecule has 1 aliphatic heterocycles. The zero-order valence-electron chi connectivity index (χ0n) is 16.2. The van der Waals surface area contributed by atoms with Crippen molar-refractivity contribution in [3.8, 4) is 0 Å². The van der Waals surface area contributed by atoms with Crippen molar-refractivity contribution in [2.75, 3.05) is 10.6 Å². The van der Waals surface area contributed by atoms with Crippen molar-refractivity contribution in [2.45, 2.75) is 37.5 Å². The maximum Gasteiger partial charge on any atom is 0.255 e. The minimum atomic E-state index is -0.193. The van der Waals surface area contributed by atoms with Crippen molar-refractivity contribution in [1.29, 1.82) is 0 Å². The predicted octanol–water partition coefficient (Wildman–Crippen LogP) is 4.98. The van der Waals surface area contributed by atoms with E-state index in [1.54, 1.807) is 12.1 Å². The molecule has 2 heterocycles. The third-order valence-electron chi connectivity index (χ3n) is 4.76. The standard InChI is InChI=1S/C22H23N3O2S/c1-13(2)12-25-9-8-15-10-17(5-6-19(15)25)23-22(27)16-4-7-20-18(11-16)24-21(26)14(3)28-20/h4-11,13-14H,12H2,1-3H3,(H,23,27)(H,24,26). The Morgan fingerprint density at radius 2 is 2.04 bits per heavy atom. The van der Waals surface area contributed by atoms with Crippen LogP contribution in [-0.2, 0) is 11.3 Å². The van der Waals surface area contributed by atoms with Crippen LogP contribution >= 0.6 is 11.8 Å². The number of hydrogen-bond donors (Lipinski definition) is 2. The number of carbonyl (C=O) groups is 2. The number of amides is 2. The van der Waals surface area contributed by atoms with E-state index in [-0.39, 0.29) is 17.1 Å². The number of nitrogens with zero attached hydrogens (tertiary/aromatic N) is 1. The Hall–Kier alpha value is -2.73. The Morgan fingerprint density at radius 1 is 1.21 bits per heavy atom. The molecule has 1 aromatic heterocycles. The summed E-state index contributed by atoms with van der Waals surface area (Å²) in [7, 11) is 0. The summed E-state index contributed by atoms with van der Waals surface area (Å²) in [5.41, 5.74) is 3.13. The maximum atomic E-state index is 12.7. The van der Waals surface area contributed by atoms with Crippen LogP contribution in [0.1, 0.15) is 31.1 Å². The normalized spacial score (nSPS) is 16.1. The summed E-state index contributed by atoms with van der Waals surface area (Å²) in [6.45, 7) is 7.22. The third kappa shape index (κ3) is 3.64. The quantitative estimate of drug-likeness (QED) is 0.657. The summed E-state index contributed by atoms with van der Waals surface area (Å²) in [4.78, 5) is 25.6. The van der Waals surface area contributed by atoms with Gasteiger partial charge >= 0.3 is 0 Å². The molecule has 2 amide bonds. The molecule has 5 nitrogen and oxygen atoms in total. The Kier molecular flexibility index (Phi) is 4.89. The van der Waals surface area contributed by atoms with E-state index in [2.05, 4.69) is 41.3 Å². The van der Waals surface area contributed by atoms with Gasteiger partial charge < -0.3 is 15.2 Å². The molecular formula is C22H23N3O2S. The first-order valence-electron chi connectivity index (χ1n) is 9.42. The topological polar surface area (TPSA) is 63.1 Å². The van der Waals surface area contributed by atoms with Crippen LogP contribution in [0.4, 0.5) is 11.4 Å². The highest BCUT2D eigenvalue weighted by atomic mass is 32.2. The number of benzene rings is 2.